The van der Waals surface area contributed by atoms with E-state index in [1.54, 1.807) is 37.1 Å². The third-order valence-corrected chi connectivity index (χ3v) is 4.41. The fourth-order valence-electron chi connectivity index (χ4n) is 2.99. The maximum Gasteiger partial charge on any atom is 0.246 e. The predicted octanol–water partition coefficient (Wildman–Crippen LogP) is 0.385. The van der Waals surface area contributed by atoms with Gasteiger partial charge >= 0.3 is 0 Å². The maximum absolute atomic E-state index is 12.8. The van der Waals surface area contributed by atoms with Crippen LogP contribution in [0.2, 0.25) is 0 Å². The van der Waals surface area contributed by atoms with Crippen molar-refractivity contribution in [2.45, 2.75) is 19.4 Å². The van der Waals surface area contributed by atoms with E-state index in [0.717, 1.165) is 5.56 Å². The first kappa shape index (κ1) is 18.8. The number of carbonyl (C=O) groups is 3. The number of nitrogens with zero attached hydrogens (tertiary/aromatic N) is 3. The van der Waals surface area contributed by atoms with Crippen LogP contribution in [-0.2, 0) is 20.8 Å². The van der Waals surface area contributed by atoms with Gasteiger partial charge in [-0.1, -0.05) is 18.2 Å². The van der Waals surface area contributed by atoms with Crippen LogP contribution in [-0.4, -0.2) is 79.3 Å². The van der Waals surface area contributed by atoms with Gasteiger partial charge in [0.15, 0.2) is 0 Å². The van der Waals surface area contributed by atoms with Crippen LogP contribution in [0, 0.1) is 0 Å². The Balaban J connectivity index is 2.20. The molecule has 1 saturated heterocycles. The van der Waals surface area contributed by atoms with Crippen LogP contribution in [0.25, 0.3) is 0 Å². The van der Waals surface area contributed by atoms with E-state index in [1.165, 1.54) is 11.8 Å². The normalized spacial score (nSPS) is 17.2. The van der Waals surface area contributed by atoms with E-state index in [4.69, 9.17) is 4.74 Å². The van der Waals surface area contributed by atoms with Crippen molar-refractivity contribution in [2.75, 3.05) is 40.8 Å². The number of methoxy groups -OCH3 is 1. The van der Waals surface area contributed by atoms with Gasteiger partial charge in [0.05, 0.1) is 20.1 Å². The summed E-state index contributed by atoms with van der Waals surface area (Å²) < 4.78 is 5.30. The van der Waals surface area contributed by atoms with Crippen LogP contribution in [0.15, 0.2) is 24.3 Å². The summed E-state index contributed by atoms with van der Waals surface area (Å²) in [6.45, 7) is 2.48. The topological polar surface area (TPSA) is 70.2 Å². The van der Waals surface area contributed by atoms with Gasteiger partial charge in [-0.2, -0.15) is 0 Å². The van der Waals surface area contributed by atoms with Crippen molar-refractivity contribution >= 4 is 17.7 Å². The third-order valence-electron chi connectivity index (χ3n) is 4.41. The summed E-state index contributed by atoms with van der Waals surface area (Å²) in [6, 6.07) is 6.68. The standard InChI is InChI=1S/C18H25N3O4/c1-13(22)20-9-10-21(15(12-20)18(24)19(2)3)17(23)11-14-7-5-6-8-16(14)25-4/h5-8,15H,9-12H2,1-4H3. The van der Waals surface area contributed by atoms with E-state index < -0.39 is 6.04 Å². The molecule has 1 fully saturated rings. The van der Waals surface area contributed by atoms with Crippen molar-refractivity contribution in [3.05, 3.63) is 29.8 Å². The largest absolute Gasteiger partial charge is 0.496 e. The molecule has 1 aliphatic rings. The Morgan fingerprint density at radius 1 is 1.20 bits per heavy atom. The second-order valence-electron chi connectivity index (χ2n) is 6.29. The van der Waals surface area contributed by atoms with E-state index in [0.29, 0.717) is 18.8 Å². The van der Waals surface area contributed by atoms with Gasteiger partial charge in [0.25, 0.3) is 0 Å². The number of para-hydroxylation sites is 1. The summed E-state index contributed by atoms with van der Waals surface area (Å²) >= 11 is 0. The lowest BCUT2D eigenvalue weighted by atomic mass is 10.1. The van der Waals surface area contributed by atoms with Gasteiger partial charge in [-0.3, -0.25) is 14.4 Å². The minimum Gasteiger partial charge on any atom is -0.496 e. The van der Waals surface area contributed by atoms with Crippen LogP contribution >= 0.6 is 0 Å². The Bertz CT molecular complexity index is 659. The molecule has 1 atom stereocenters. The van der Waals surface area contributed by atoms with E-state index >= 15 is 0 Å². The van der Waals surface area contributed by atoms with Crippen molar-refractivity contribution < 1.29 is 19.1 Å². The molecule has 1 aromatic carbocycles. The molecular formula is C18H25N3O4. The highest BCUT2D eigenvalue weighted by Crippen LogP contribution is 2.20. The summed E-state index contributed by atoms with van der Waals surface area (Å²) in [5.41, 5.74) is 0.778. The van der Waals surface area contributed by atoms with Crippen molar-refractivity contribution in [1.29, 1.82) is 0 Å². The Hall–Kier alpha value is -2.57. The summed E-state index contributed by atoms with van der Waals surface area (Å²) in [6.07, 6.45) is 0.154. The molecule has 0 aliphatic carbocycles. The first-order valence-electron chi connectivity index (χ1n) is 8.23. The predicted molar refractivity (Wildman–Crippen MR) is 93.1 cm³/mol. The molecule has 136 valence electrons. The zero-order valence-corrected chi connectivity index (χ0v) is 15.2. The Morgan fingerprint density at radius 2 is 1.88 bits per heavy atom. The average Bonchev–Trinajstić information content (AvgIpc) is 2.60. The van der Waals surface area contributed by atoms with E-state index in [9.17, 15) is 14.4 Å². The Kier molecular flexibility index (Phi) is 6.01. The number of hydrogen-bond acceptors (Lipinski definition) is 4. The van der Waals surface area contributed by atoms with Crippen LogP contribution < -0.4 is 4.74 Å². The number of likely N-dealkylation sites (N-methyl/N-ethyl adjacent to an activating group) is 1. The van der Waals surface area contributed by atoms with Crippen molar-refractivity contribution in [2.24, 2.45) is 0 Å². The summed E-state index contributed by atoms with van der Waals surface area (Å²) in [5.74, 6) is 0.231. The average molecular weight is 347 g/mol. The Morgan fingerprint density at radius 3 is 2.48 bits per heavy atom. The highest BCUT2D eigenvalue weighted by Gasteiger charge is 2.36. The first-order valence-corrected chi connectivity index (χ1v) is 8.23. The van der Waals surface area contributed by atoms with Crippen molar-refractivity contribution in [3.8, 4) is 5.75 Å². The monoisotopic (exact) mass is 347 g/mol. The highest BCUT2D eigenvalue weighted by atomic mass is 16.5. The van der Waals surface area contributed by atoms with Crippen LogP contribution in [0.1, 0.15) is 12.5 Å². The van der Waals surface area contributed by atoms with Gasteiger partial charge in [0.2, 0.25) is 17.7 Å². The highest BCUT2D eigenvalue weighted by molar-refractivity contribution is 5.89. The zero-order chi connectivity index (χ0) is 18.6. The fourth-order valence-corrected chi connectivity index (χ4v) is 2.99. The molecule has 7 heteroatoms. The van der Waals surface area contributed by atoms with Gasteiger partial charge < -0.3 is 19.4 Å². The van der Waals surface area contributed by atoms with Gasteiger partial charge in [0, 0.05) is 39.7 Å². The summed E-state index contributed by atoms with van der Waals surface area (Å²) in [7, 11) is 4.86. The second-order valence-corrected chi connectivity index (χ2v) is 6.29. The molecular weight excluding hydrogens is 322 g/mol. The van der Waals surface area contributed by atoms with E-state index in [2.05, 4.69) is 0 Å². The number of rotatable bonds is 4. The van der Waals surface area contributed by atoms with Gasteiger partial charge in [0.1, 0.15) is 11.8 Å². The number of amides is 3. The van der Waals surface area contributed by atoms with E-state index in [1.807, 2.05) is 18.2 Å². The van der Waals surface area contributed by atoms with Crippen LogP contribution in [0.3, 0.4) is 0 Å². The zero-order valence-electron chi connectivity index (χ0n) is 15.2. The summed E-state index contributed by atoms with van der Waals surface area (Å²) in [5, 5.41) is 0. The fraction of sp³-hybridized carbons (Fsp3) is 0.500. The minimum atomic E-state index is -0.658. The van der Waals surface area contributed by atoms with Gasteiger partial charge in [-0.15, -0.1) is 0 Å². The number of benzene rings is 1. The van der Waals surface area contributed by atoms with Crippen molar-refractivity contribution in [3.63, 3.8) is 0 Å². The number of carbonyl (C=O) groups excluding carboxylic acids is 3. The quantitative estimate of drug-likeness (QED) is 0.790. The third kappa shape index (κ3) is 4.29. The number of piperazine rings is 1. The molecule has 7 nitrogen and oxygen atoms in total. The lowest BCUT2D eigenvalue weighted by Crippen LogP contribution is -2.61. The van der Waals surface area contributed by atoms with Crippen LogP contribution in [0.4, 0.5) is 0 Å². The molecule has 1 aromatic rings. The molecule has 0 aromatic heterocycles. The molecule has 0 spiro atoms. The molecule has 1 unspecified atom stereocenters. The minimum absolute atomic E-state index is 0.0895. The Labute approximate surface area is 148 Å². The molecule has 2 rings (SSSR count). The molecule has 0 N–H and O–H groups in total. The SMILES string of the molecule is COc1ccccc1CC(=O)N1CCN(C(C)=O)CC1C(=O)N(C)C. The van der Waals surface area contributed by atoms with Gasteiger partial charge in [-0.25, -0.2) is 0 Å². The lowest BCUT2D eigenvalue weighted by molar-refractivity contribution is -0.150. The van der Waals surface area contributed by atoms with E-state index in [-0.39, 0.29) is 30.7 Å². The molecule has 1 heterocycles. The second kappa shape index (κ2) is 8.00. The van der Waals surface area contributed by atoms with Gasteiger partial charge in [-0.05, 0) is 6.07 Å². The molecule has 0 radical (unpaired) electrons. The molecule has 1 aliphatic heterocycles. The van der Waals surface area contributed by atoms with Crippen LogP contribution in [0.5, 0.6) is 5.75 Å². The smallest absolute Gasteiger partial charge is 0.246 e. The molecule has 0 bridgehead atoms. The molecule has 0 saturated carbocycles. The number of hydrogen-bond donors (Lipinski definition) is 0. The first-order chi connectivity index (χ1) is 11.8. The lowest BCUT2D eigenvalue weighted by Gasteiger charge is -2.41. The van der Waals surface area contributed by atoms with Crippen molar-refractivity contribution in [1.82, 2.24) is 14.7 Å². The molecule has 3 amide bonds. The molecule has 25 heavy (non-hydrogen) atoms. The summed E-state index contributed by atoms with van der Waals surface area (Å²) in [4.78, 5) is 41.7. The number of ether oxygens (including phenoxy) is 1. The maximum atomic E-state index is 12.8.